The van der Waals surface area contributed by atoms with E-state index in [4.69, 9.17) is 14.5 Å². The third kappa shape index (κ3) is 3.89. The largest absolute Gasteiger partial charge is 0.467 e. The van der Waals surface area contributed by atoms with Gasteiger partial charge in [-0.2, -0.15) is 5.10 Å². The first-order valence-corrected chi connectivity index (χ1v) is 9.33. The molecule has 0 aromatic carbocycles. The first kappa shape index (κ1) is 19.1. The van der Waals surface area contributed by atoms with Crippen molar-refractivity contribution in [1.82, 2.24) is 20.1 Å². The lowest BCUT2D eigenvalue weighted by molar-refractivity contribution is -0.121. The second-order valence-electron chi connectivity index (χ2n) is 8.02. The van der Waals surface area contributed by atoms with Crippen LogP contribution in [0.25, 0.3) is 11.0 Å². The molecular formula is C21H28N4O2. The average molecular weight is 368 g/mol. The van der Waals surface area contributed by atoms with Gasteiger partial charge in [-0.05, 0) is 71.2 Å². The monoisotopic (exact) mass is 368 g/mol. The quantitative estimate of drug-likeness (QED) is 0.740. The summed E-state index contributed by atoms with van der Waals surface area (Å²) in [5.41, 5.74) is 5.03. The number of amides is 1. The van der Waals surface area contributed by atoms with Gasteiger partial charge in [-0.3, -0.25) is 4.79 Å². The number of nitrogens with zero attached hydrogens (tertiary/aromatic N) is 3. The second-order valence-corrected chi connectivity index (χ2v) is 8.02. The number of hydrogen-bond acceptors (Lipinski definition) is 4. The van der Waals surface area contributed by atoms with E-state index in [1.165, 1.54) is 5.56 Å². The minimum absolute atomic E-state index is 0.00686. The van der Waals surface area contributed by atoms with Gasteiger partial charge in [0.05, 0.1) is 24.0 Å². The lowest BCUT2D eigenvalue weighted by atomic mass is 9.99. The minimum atomic E-state index is -0.133. The molecule has 0 aliphatic rings. The van der Waals surface area contributed by atoms with E-state index in [1.807, 2.05) is 30.7 Å². The molecule has 6 heteroatoms. The SMILES string of the molecule is Cc1nc2c(c(C)nn2C(C)(C)C)c(C)c1CCC(=O)NCc1ccco1. The number of aryl methyl sites for hydroxylation is 3. The summed E-state index contributed by atoms with van der Waals surface area (Å²) < 4.78 is 7.24. The summed E-state index contributed by atoms with van der Waals surface area (Å²) in [6, 6.07) is 3.66. The Labute approximate surface area is 160 Å². The van der Waals surface area contributed by atoms with Crippen molar-refractivity contribution in [3.63, 3.8) is 0 Å². The van der Waals surface area contributed by atoms with Crippen molar-refractivity contribution in [3.8, 4) is 0 Å². The van der Waals surface area contributed by atoms with Crippen molar-refractivity contribution in [2.45, 2.75) is 66.5 Å². The predicted molar refractivity (Wildman–Crippen MR) is 106 cm³/mol. The highest BCUT2D eigenvalue weighted by atomic mass is 16.3. The third-order valence-corrected chi connectivity index (χ3v) is 4.85. The third-order valence-electron chi connectivity index (χ3n) is 4.85. The molecule has 0 spiro atoms. The van der Waals surface area contributed by atoms with Gasteiger partial charge in [-0.15, -0.1) is 0 Å². The number of carbonyl (C=O) groups excluding carboxylic acids is 1. The lowest BCUT2D eigenvalue weighted by Gasteiger charge is -2.20. The van der Waals surface area contributed by atoms with Gasteiger partial charge in [0, 0.05) is 17.5 Å². The molecular weight excluding hydrogens is 340 g/mol. The van der Waals surface area contributed by atoms with Gasteiger partial charge in [0.2, 0.25) is 5.91 Å². The maximum Gasteiger partial charge on any atom is 0.220 e. The molecule has 3 aromatic heterocycles. The maximum atomic E-state index is 12.2. The number of fused-ring (bicyclic) bond motifs is 1. The zero-order valence-corrected chi connectivity index (χ0v) is 17.0. The molecule has 3 aromatic rings. The normalized spacial score (nSPS) is 11.9. The van der Waals surface area contributed by atoms with Gasteiger partial charge in [0.25, 0.3) is 0 Å². The van der Waals surface area contributed by atoms with Crippen LogP contribution in [0.2, 0.25) is 0 Å². The fraction of sp³-hybridized carbons (Fsp3) is 0.476. The molecule has 144 valence electrons. The van der Waals surface area contributed by atoms with Crippen LogP contribution in [-0.2, 0) is 23.3 Å². The summed E-state index contributed by atoms with van der Waals surface area (Å²) in [5.74, 6) is 0.761. The molecule has 0 aliphatic heterocycles. The number of carbonyl (C=O) groups is 1. The van der Waals surface area contributed by atoms with Crippen LogP contribution in [0.3, 0.4) is 0 Å². The van der Waals surface area contributed by atoms with Crippen LogP contribution in [0, 0.1) is 20.8 Å². The van der Waals surface area contributed by atoms with Crippen LogP contribution in [0.1, 0.15) is 55.5 Å². The molecule has 0 unspecified atom stereocenters. The molecule has 1 N–H and O–H groups in total. The van der Waals surface area contributed by atoms with E-state index in [0.29, 0.717) is 19.4 Å². The summed E-state index contributed by atoms with van der Waals surface area (Å²) >= 11 is 0. The van der Waals surface area contributed by atoms with Crippen LogP contribution >= 0.6 is 0 Å². The molecule has 0 saturated carbocycles. The fourth-order valence-electron chi connectivity index (χ4n) is 3.47. The highest BCUT2D eigenvalue weighted by Crippen LogP contribution is 2.29. The molecule has 0 aliphatic carbocycles. The van der Waals surface area contributed by atoms with Crippen molar-refractivity contribution in [1.29, 1.82) is 0 Å². The maximum absolute atomic E-state index is 12.2. The minimum Gasteiger partial charge on any atom is -0.467 e. The Hall–Kier alpha value is -2.63. The number of rotatable bonds is 5. The number of nitrogens with one attached hydrogen (secondary N) is 1. The molecule has 6 nitrogen and oxygen atoms in total. The van der Waals surface area contributed by atoms with Gasteiger partial charge in [0.15, 0.2) is 5.65 Å². The van der Waals surface area contributed by atoms with Crippen molar-refractivity contribution in [3.05, 3.63) is 46.7 Å². The zero-order valence-electron chi connectivity index (χ0n) is 17.0. The Balaban J connectivity index is 1.81. The Morgan fingerprint density at radius 2 is 1.96 bits per heavy atom. The average Bonchev–Trinajstić information content (AvgIpc) is 3.20. The molecule has 27 heavy (non-hydrogen) atoms. The smallest absolute Gasteiger partial charge is 0.220 e. The van der Waals surface area contributed by atoms with E-state index >= 15 is 0 Å². The molecule has 0 atom stereocenters. The predicted octanol–water partition coefficient (Wildman–Crippen LogP) is 3.95. The van der Waals surface area contributed by atoms with E-state index in [1.54, 1.807) is 6.26 Å². The molecule has 0 fully saturated rings. The lowest BCUT2D eigenvalue weighted by Crippen LogP contribution is -2.24. The summed E-state index contributed by atoms with van der Waals surface area (Å²) in [6.07, 6.45) is 2.68. The zero-order chi connectivity index (χ0) is 19.8. The highest BCUT2D eigenvalue weighted by molar-refractivity contribution is 5.84. The standard InChI is InChI=1S/C21H28N4O2/c1-13-17(9-10-18(26)22-12-16-8-7-11-27-16)14(2)23-20-19(13)15(3)24-25(20)21(4,5)6/h7-8,11H,9-10,12H2,1-6H3,(H,22,26). The van der Waals surface area contributed by atoms with Gasteiger partial charge in [0.1, 0.15) is 5.76 Å². The van der Waals surface area contributed by atoms with Crippen LogP contribution in [0.4, 0.5) is 0 Å². The van der Waals surface area contributed by atoms with Crippen LogP contribution in [0.5, 0.6) is 0 Å². The van der Waals surface area contributed by atoms with Crippen LogP contribution < -0.4 is 5.32 Å². The Kier molecular flexibility index (Phi) is 5.09. The summed E-state index contributed by atoms with van der Waals surface area (Å²) in [4.78, 5) is 17.1. The second kappa shape index (κ2) is 7.18. The van der Waals surface area contributed by atoms with E-state index in [-0.39, 0.29) is 11.4 Å². The molecule has 0 bridgehead atoms. The van der Waals surface area contributed by atoms with E-state index in [9.17, 15) is 4.79 Å². The van der Waals surface area contributed by atoms with E-state index < -0.39 is 0 Å². The molecule has 1 amide bonds. The summed E-state index contributed by atoms with van der Waals surface area (Å²) in [6.45, 7) is 12.9. The first-order valence-electron chi connectivity index (χ1n) is 9.33. The summed E-state index contributed by atoms with van der Waals surface area (Å²) in [7, 11) is 0. The Morgan fingerprint density at radius 3 is 2.59 bits per heavy atom. The van der Waals surface area contributed by atoms with Gasteiger partial charge in [-0.25, -0.2) is 9.67 Å². The number of furan rings is 1. The Bertz CT molecular complexity index is 963. The topological polar surface area (TPSA) is 73.0 Å². The van der Waals surface area contributed by atoms with Crippen molar-refractivity contribution < 1.29 is 9.21 Å². The van der Waals surface area contributed by atoms with E-state index in [2.05, 4.69) is 33.0 Å². The number of hydrogen-bond donors (Lipinski definition) is 1. The van der Waals surface area contributed by atoms with Gasteiger partial charge < -0.3 is 9.73 Å². The van der Waals surface area contributed by atoms with Crippen molar-refractivity contribution >= 4 is 16.9 Å². The van der Waals surface area contributed by atoms with Gasteiger partial charge >= 0.3 is 0 Å². The molecule has 3 heterocycles. The van der Waals surface area contributed by atoms with Crippen molar-refractivity contribution in [2.75, 3.05) is 0 Å². The summed E-state index contributed by atoms with van der Waals surface area (Å²) in [5, 5.41) is 8.72. The van der Waals surface area contributed by atoms with E-state index in [0.717, 1.165) is 33.7 Å². The van der Waals surface area contributed by atoms with Crippen LogP contribution in [0.15, 0.2) is 22.8 Å². The first-order chi connectivity index (χ1) is 12.7. The van der Waals surface area contributed by atoms with Crippen molar-refractivity contribution in [2.24, 2.45) is 0 Å². The molecule has 0 saturated heterocycles. The van der Waals surface area contributed by atoms with Gasteiger partial charge in [-0.1, -0.05) is 0 Å². The fourth-order valence-corrected chi connectivity index (χ4v) is 3.47. The highest BCUT2D eigenvalue weighted by Gasteiger charge is 2.23. The Morgan fingerprint density at radius 1 is 1.22 bits per heavy atom. The number of pyridine rings is 1. The molecule has 3 rings (SSSR count). The molecule has 0 radical (unpaired) electrons. The van der Waals surface area contributed by atoms with Crippen LogP contribution in [-0.4, -0.2) is 20.7 Å². The number of aromatic nitrogens is 3.